The van der Waals surface area contributed by atoms with Gasteiger partial charge in [0.2, 0.25) is 0 Å². The van der Waals surface area contributed by atoms with Crippen molar-refractivity contribution in [1.82, 2.24) is 10.2 Å². The molecule has 20 heavy (non-hydrogen) atoms. The molecular weight excluding hydrogens is 332 g/mol. The van der Waals surface area contributed by atoms with Crippen LogP contribution in [0, 0.1) is 10.1 Å². The summed E-state index contributed by atoms with van der Waals surface area (Å²) in [4.78, 5) is 33.0. The van der Waals surface area contributed by atoms with Crippen LogP contribution in [0.3, 0.4) is 0 Å². The number of hydrogen-bond donors (Lipinski definition) is 2. The van der Waals surface area contributed by atoms with Crippen molar-refractivity contribution in [2.24, 2.45) is 0 Å². The van der Waals surface area contributed by atoms with Gasteiger partial charge in [0.1, 0.15) is 4.47 Å². The minimum absolute atomic E-state index is 0.0759. The minimum Gasteiger partial charge on any atom is -0.305 e. The third-order valence-electron chi connectivity index (χ3n) is 2.34. The summed E-state index contributed by atoms with van der Waals surface area (Å²) in [6.07, 6.45) is 0. The van der Waals surface area contributed by atoms with Crippen LogP contribution in [-0.4, -0.2) is 21.0 Å². The molecular formula is C11H7BrN4O4. The van der Waals surface area contributed by atoms with Crippen molar-refractivity contribution in [3.8, 4) is 0 Å². The molecule has 2 aromatic rings. The number of aromatic amines is 1. The number of anilines is 1. The molecule has 1 heterocycles. The first-order valence-corrected chi connectivity index (χ1v) is 6.08. The Labute approximate surface area is 120 Å². The maximum absolute atomic E-state index is 12.0. The molecule has 0 fully saturated rings. The van der Waals surface area contributed by atoms with E-state index in [2.05, 4.69) is 31.4 Å². The second-order valence-electron chi connectivity index (χ2n) is 3.66. The van der Waals surface area contributed by atoms with E-state index in [0.717, 1.165) is 0 Å². The molecule has 0 saturated heterocycles. The number of rotatable bonds is 3. The van der Waals surface area contributed by atoms with Gasteiger partial charge in [-0.25, -0.2) is 5.10 Å². The summed E-state index contributed by atoms with van der Waals surface area (Å²) in [6, 6.07) is 6.63. The Morgan fingerprint density at radius 1 is 1.35 bits per heavy atom. The summed E-state index contributed by atoms with van der Waals surface area (Å²) in [5.74, 6) is -0.451. The second kappa shape index (κ2) is 5.61. The highest BCUT2D eigenvalue weighted by Crippen LogP contribution is 2.28. The largest absolute Gasteiger partial charge is 0.305 e. The molecule has 0 aliphatic heterocycles. The van der Waals surface area contributed by atoms with E-state index < -0.39 is 16.4 Å². The molecule has 8 nitrogen and oxygen atoms in total. The Morgan fingerprint density at radius 3 is 2.70 bits per heavy atom. The highest BCUT2D eigenvalue weighted by molar-refractivity contribution is 9.10. The number of H-pyrrole nitrogens is 1. The molecule has 9 heteroatoms. The van der Waals surface area contributed by atoms with Gasteiger partial charge in [-0.1, -0.05) is 6.07 Å². The van der Waals surface area contributed by atoms with Crippen molar-refractivity contribution < 1.29 is 9.72 Å². The number of nitrogens with one attached hydrogen (secondary N) is 2. The minimum atomic E-state index is -0.598. The number of carbonyl (C=O) groups excluding carboxylic acids is 1. The maximum atomic E-state index is 12.0. The summed E-state index contributed by atoms with van der Waals surface area (Å²) >= 11 is 3.03. The van der Waals surface area contributed by atoms with Crippen molar-refractivity contribution in [3.05, 3.63) is 60.8 Å². The SMILES string of the molecule is O=C(Nc1ccc(=O)[nH]n1)c1cccc([N+](=O)[O-])c1Br. The maximum Gasteiger partial charge on any atom is 0.284 e. The van der Waals surface area contributed by atoms with Gasteiger partial charge in [-0.15, -0.1) is 0 Å². The third-order valence-corrected chi connectivity index (χ3v) is 3.17. The van der Waals surface area contributed by atoms with Crippen molar-refractivity contribution in [3.63, 3.8) is 0 Å². The highest BCUT2D eigenvalue weighted by Gasteiger charge is 2.19. The molecule has 0 radical (unpaired) electrons. The second-order valence-corrected chi connectivity index (χ2v) is 4.45. The summed E-state index contributed by atoms with van der Waals surface area (Å²) < 4.78 is 0.0759. The monoisotopic (exact) mass is 338 g/mol. The fourth-order valence-electron chi connectivity index (χ4n) is 1.43. The van der Waals surface area contributed by atoms with E-state index in [1.165, 1.54) is 30.3 Å². The van der Waals surface area contributed by atoms with Gasteiger partial charge in [-0.05, 0) is 28.1 Å². The van der Waals surface area contributed by atoms with Gasteiger partial charge in [0.05, 0.1) is 10.5 Å². The lowest BCUT2D eigenvalue weighted by Crippen LogP contribution is -2.16. The molecule has 1 aromatic heterocycles. The van der Waals surface area contributed by atoms with Crippen LogP contribution in [0.2, 0.25) is 0 Å². The number of nitro groups is 1. The number of nitrogens with zero attached hydrogens (tertiary/aromatic N) is 2. The van der Waals surface area contributed by atoms with Gasteiger partial charge in [-0.3, -0.25) is 19.7 Å². The van der Waals surface area contributed by atoms with Gasteiger partial charge in [0, 0.05) is 12.1 Å². The lowest BCUT2D eigenvalue weighted by atomic mass is 10.2. The fraction of sp³-hybridized carbons (Fsp3) is 0. The Bertz CT molecular complexity index is 723. The zero-order chi connectivity index (χ0) is 14.7. The number of amides is 1. The summed E-state index contributed by atoms with van der Waals surface area (Å²) in [6.45, 7) is 0. The van der Waals surface area contributed by atoms with Crippen molar-refractivity contribution in [2.45, 2.75) is 0 Å². The van der Waals surface area contributed by atoms with Gasteiger partial charge in [0.25, 0.3) is 17.2 Å². The van der Waals surface area contributed by atoms with Gasteiger partial charge in [-0.2, -0.15) is 5.10 Å². The standard InChI is InChI=1S/C11H7BrN4O4/c12-10-6(2-1-3-7(10)16(19)20)11(18)13-8-4-5-9(17)15-14-8/h1-5H,(H,15,17)(H,13,14,18). The van der Waals surface area contributed by atoms with Crippen LogP contribution in [-0.2, 0) is 0 Å². The summed E-state index contributed by atoms with van der Waals surface area (Å²) in [5.41, 5.74) is -0.529. The normalized spacial score (nSPS) is 10.1. The molecule has 0 aliphatic carbocycles. The van der Waals surface area contributed by atoms with Gasteiger partial charge < -0.3 is 5.32 Å². The van der Waals surface area contributed by atoms with Crippen molar-refractivity contribution in [1.29, 1.82) is 0 Å². The third kappa shape index (κ3) is 2.88. The lowest BCUT2D eigenvalue weighted by molar-refractivity contribution is -0.385. The first-order chi connectivity index (χ1) is 9.49. The molecule has 0 unspecified atom stereocenters. The number of aromatic nitrogens is 2. The average molecular weight is 339 g/mol. The molecule has 2 N–H and O–H groups in total. The quantitative estimate of drug-likeness (QED) is 0.652. The lowest BCUT2D eigenvalue weighted by Gasteiger charge is -2.05. The van der Waals surface area contributed by atoms with Crippen LogP contribution in [0.1, 0.15) is 10.4 Å². The number of benzene rings is 1. The topological polar surface area (TPSA) is 118 Å². The summed E-state index contributed by atoms with van der Waals surface area (Å²) in [7, 11) is 0. The predicted octanol–water partition coefficient (Wildman–Crippen LogP) is 1.69. The molecule has 0 atom stereocenters. The number of halogens is 1. The molecule has 1 aromatic carbocycles. The first kappa shape index (κ1) is 13.9. The Balaban J connectivity index is 2.30. The smallest absolute Gasteiger partial charge is 0.284 e. The number of nitro benzene ring substituents is 1. The number of carbonyl (C=O) groups is 1. The molecule has 0 spiro atoms. The van der Waals surface area contributed by atoms with Crippen LogP contribution in [0.5, 0.6) is 0 Å². The van der Waals surface area contributed by atoms with E-state index in [1.807, 2.05) is 0 Å². The van der Waals surface area contributed by atoms with E-state index >= 15 is 0 Å². The van der Waals surface area contributed by atoms with Gasteiger partial charge in [0.15, 0.2) is 5.82 Å². The Kier molecular flexibility index (Phi) is 3.89. The van der Waals surface area contributed by atoms with Gasteiger partial charge >= 0.3 is 0 Å². The van der Waals surface area contributed by atoms with E-state index in [1.54, 1.807) is 0 Å². The Hall–Kier alpha value is -2.55. The zero-order valence-electron chi connectivity index (χ0n) is 9.79. The molecule has 102 valence electrons. The van der Waals surface area contributed by atoms with E-state index in [0.29, 0.717) is 0 Å². The first-order valence-electron chi connectivity index (χ1n) is 5.29. The number of hydrogen-bond acceptors (Lipinski definition) is 5. The highest BCUT2D eigenvalue weighted by atomic mass is 79.9. The van der Waals surface area contributed by atoms with Crippen molar-refractivity contribution in [2.75, 3.05) is 5.32 Å². The molecule has 0 saturated carbocycles. The molecule has 1 amide bonds. The van der Waals surface area contributed by atoms with Crippen LogP contribution in [0.15, 0.2) is 39.6 Å². The zero-order valence-corrected chi connectivity index (χ0v) is 11.4. The van der Waals surface area contributed by atoms with E-state index in [9.17, 15) is 19.7 Å². The van der Waals surface area contributed by atoms with Crippen molar-refractivity contribution >= 4 is 33.3 Å². The van der Waals surface area contributed by atoms with Crippen LogP contribution in [0.4, 0.5) is 11.5 Å². The predicted molar refractivity (Wildman–Crippen MR) is 73.6 cm³/mol. The van der Waals surface area contributed by atoms with Crippen LogP contribution in [0.25, 0.3) is 0 Å². The van der Waals surface area contributed by atoms with Crippen LogP contribution < -0.4 is 10.9 Å². The van der Waals surface area contributed by atoms with Crippen LogP contribution >= 0.6 is 15.9 Å². The van der Waals surface area contributed by atoms with E-state index in [4.69, 9.17) is 0 Å². The molecule has 2 rings (SSSR count). The molecule has 0 bridgehead atoms. The average Bonchev–Trinajstić information content (AvgIpc) is 2.41. The Morgan fingerprint density at radius 2 is 2.10 bits per heavy atom. The summed E-state index contributed by atoms with van der Waals surface area (Å²) in [5, 5.41) is 19.0. The molecule has 0 aliphatic rings. The fourth-order valence-corrected chi connectivity index (χ4v) is 2.02. The van der Waals surface area contributed by atoms with E-state index in [-0.39, 0.29) is 21.5 Å².